The molecule has 2 aromatic rings. The predicted molar refractivity (Wildman–Crippen MR) is 79.7 cm³/mol. The highest BCUT2D eigenvalue weighted by atomic mass is 35.5. The van der Waals surface area contributed by atoms with E-state index in [4.69, 9.17) is 17.3 Å². The third kappa shape index (κ3) is 3.08. The molecule has 0 saturated carbocycles. The zero-order valence-corrected chi connectivity index (χ0v) is 12.1. The molecular formula is C15H14ClFN2O2. The summed E-state index contributed by atoms with van der Waals surface area (Å²) in [6, 6.07) is 8.82. The van der Waals surface area contributed by atoms with Crippen molar-refractivity contribution in [2.24, 2.45) is 0 Å². The van der Waals surface area contributed by atoms with Crippen LogP contribution in [0.4, 0.5) is 10.1 Å². The Balaban J connectivity index is 2.26. The number of benzene rings is 2. The Morgan fingerprint density at radius 1 is 1.33 bits per heavy atom. The van der Waals surface area contributed by atoms with Gasteiger partial charge in [-0.05, 0) is 24.3 Å². The number of hydrogen-bond donors (Lipinski definition) is 2. The second kappa shape index (κ2) is 6.01. The number of amides is 1. The first-order valence-electron chi connectivity index (χ1n) is 6.17. The van der Waals surface area contributed by atoms with E-state index < -0.39 is 11.7 Å². The first kappa shape index (κ1) is 15.1. The van der Waals surface area contributed by atoms with E-state index in [1.807, 2.05) is 0 Å². The van der Waals surface area contributed by atoms with Crippen molar-refractivity contribution in [2.75, 3.05) is 12.8 Å². The van der Waals surface area contributed by atoms with E-state index in [0.29, 0.717) is 0 Å². The Morgan fingerprint density at radius 2 is 2.00 bits per heavy atom. The molecular weight excluding hydrogens is 295 g/mol. The Bertz CT molecular complexity index is 671. The zero-order chi connectivity index (χ0) is 15.6. The number of carbonyl (C=O) groups excluding carboxylic acids is 1. The van der Waals surface area contributed by atoms with Crippen LogP contribution in [0.15, 0.2) is 36.4 Å². The van der Waals surface area contributed by atoms with Crippen LogP contribution < -0.4 is 5.73 Å². The summed E-state index contributed by atoms with van der Waals surface area (Å²) in [6.07, 6.45) is 0. The highest BCUT2D eigenvalue weighted by Crippen LogP contribution is 2.27. The quantitative estimate of drug-likeness (QED) is 0.676. The predicted octanol–water partition coefficient (Wildman–Crippen LogP) is 3.04. The van der Waals surface area contributed by atoms with Crippen LogP contribution in [-0.4, -0.2) is 23.0 Å². The molecule has 0 fully saturated rings. The van der Waals surface area contributed by atoms with E-state index in [-0.39, 0.29) is 34.1 Å². The summed E-state index contributed by atoms with van der Waals surface area (Å²) >= 11 is 5.93. The van der Waals surface area contributed by atoms with Gasteiger partial charge in [-0.3, -0.25) is 4.79 Å². The van der Waals surface area contributed by atoms with Gasteiger partial charge < -0.3 is 15.7 Å². The molecule has 110 valence electrons. The largest absolute Gasteiger partial charge is 0.505 e. The van der Waals surface area contributed by atoms with E-state index >= 15 is 0 Å². The van der Waals surface area contributed by atoms with Crippen LogP contribution in [0.25, 0.3) is 0 Å². The number of rotatable bonds is 3. The SMILES string of the molecule is CN(Cc1c(F)cccc1Cl)C(=O)c1cccc(N)c1O. The first-order valence-corrected chi connectivity index (χ1v) is 6.55. The Hall–Kier alpha value is -2.27. The van der Waals surface area contributed by atoms with Gasteiger partial charge in [0.2, 0.25) is 0 Å². The minimum Gasteiger partial charge on any atom is -0.505 e. The van der Waals surface area contributed by atoms with E-state index in [2.05, 4.69) is 0 Å². The fourth-order valence-electron chi connectivity index (χ4n) is 1.93. The molecule has 0 aliphatic carbocycles. The van der Waals surface area contributed by atoms with Crippen LogP contribution >= 0.6 is 11.6 Å². The summed E-state index contributed by atoms with van der Waals surface area (Å²) in [6.45, 7) is -0.0153. The van der Waals surface area contributed by atoms with Crippen molar-refractivity contribution in [3.05, 3.63) is 58.4 Å². The van der Waals surface area contributed by atoms with Crippen LogP contribution in [-0.2, 0) is 6.54 Å². The molecule has 6 heteroatoms. The highest BCUT2D eigenvalue weighted by Gasteiger charge is 2.19. The minimum atomic E-state index is -0.487. The molecule has 2 rings (SSSR count). The van der Waals surface area contributed by atoms with Crippen LogP contribution in [0.2, 0.25) is 5.02 Å². The molecule has 0 aliphatic heterocycles. The molecule has 0 heterocycles. The van der Waals surface area contributed by atoms with Crippen molar-refractivity contribution in [3.63, 3.8) is 0 Å². The Kier molecular flexibility index (Phi) is 4.33. The fourth-order valence-corrected chi connectivity index (χ4v) is 2.15. The molecule has 4 nitrogen and oxygen atoms in total. The van der Waals surface area contributed by atoms with Crippen molar-refractivity contribution < 1.29 is 14.3 Å². The fraction of sp³-hybridized carbons (Fsp3) is 0.133. The second-order valence-electron chi connectivity index (χ2n) is 4.60. The minimum absolute atomic E-state index is 0.0153. The third-order valence-electron chi connectivity index (χ3n) is 3.10. The summed E-state index contributed by atoms with van der Waals surface area (Å²) in [5.74, 6) is -1.24. The Labute approximate surface area is 126 Å². The lowest BCUT2D eigenvalue weighted by Crippen LogP contribution is -2.27. The lowest BCUT2D eigenvalue weighted by atomic mass is 10.1. The molecule has 0 saturated heterocycles. The summed E-state index contributed by atoms with van der Waals surface area (Å²) in [7, 11) is 1.49. The van der Waals surface area contributed by atoms with Gasteiger partial charge in [0.15, 0.2) is 5.75 Å². The topological polar surface area (TPSA) is 66.6 Å². The van der Waals surface area contributed by atoms with E-state index in [1.165, 1.54) is 36.2 Å². The number of para-hydroxylation sites is 1. The molecule has 0 aliphatic rings. The van der Waals surface area contributed by atoms with Gasteiger partial charge in [-0.2, -0.15) is 0 Å². The van der Waals surface area contributed by atoms with Gasteiger partial charge in [0, 0.05) is 24.2 Å². The van der Waals surface area contributed by atoms with Crippen molar-refractivity contribution in [3.8, 4) is 5.75 Å². The number of nitrogens with zero attached hydrogens (tertiary/aromatic N) is 1. The highest BCUT2D eigenvalue weighted by molar-refractivity contribution is 6.31. The maximum atomic E-state index is 13.7. The van der Waals surface area contributed by atoms with E-state index in [9.17, 15) is 14.3 Å². The standard InChI is InChI=1S/C15H14ClFN2O2/c1-19(8-10-11(16)5-3-6-12(10)17)15(21)9-4-2-7-13(18)14(9)20/h2-7,20H,8,18H2,1H3. The summed E-state index contributed by atoms with van der Waals surface area (Å²) in [5, 5.41) is 10.1. The number of nitrogens with two attached hydrogens (primary N) is 1. The molecule has 3 N–H and O–H groups in total. The van der Waals surface area contributed by atoms with Crippen LogP contribution in [0.3, 0.4) is 0 Å². The van der Waals surface area contributed by atoms with Crippen LogP contribution in [0.1, 0.15) is 15.9 Å². The van der Waals surface area contributed by atoms with E-state index in [0.717, 1.165) is 0 Å². The molecule has 2 aromatic carbocycles. The third-order valence-corrected chi connectivity index (χ3v) is 3.46. The number of aromatic hydroxyl groups is 1. The normalized spacial score (nSPS) is 10.4. The Morgan fingerprint density at radius 3 is 2.67 bits per heavy atom. The zero-order valence-electron chi connectivity index (χ0n) is 11.3. The summed E-state index contributed by atoms with van der Waals surface area (Å²) in [5.41, 5.74) is 5.95. The molecule has 1 amide bonds. The molecule has 0 unspecified atom stereocenters. The van der Waals surface area contributed by atoms with Gasteiger partial charge in [0.05, 0.1) is 11.3 Å². The molecule has 0 aromatic heterocycles. The summed E-state index contributed by atoms with van der Waals surface area (Å²) in [4.78, 5) is 13.6. The number of phenolic OH excluding ortho intramolecular Hbond substituents is 1. The van der Waals surface area contributed by atoms with Gasteiger partial charge >= 0.3 is 0 Å². The number of halogens is 2. The van der Waals surface area contributed by atoms with Crippen LogP contribution in [0.5, 0.6) is 5.75 Å². The van der Waals surface area contributed by atoms with Gasteiger partial charge in [-0.15, -0.1) is 0 Å². The smallest absolute Gasteiger partial charge is 0.257 e. The number of phenols is 1. The molecule has 21 heavy (non-hydrogen) atoms. The molecule has 0 atom stereocenters. The molecule has 0 spiro atoms. The lowest BCUT2D eigenvalue weighted by Gasteiger charge is -2.19. The molecule has 0 radical (unpaired) electrons. The number of hydrogen-bond acceptors (Lipinski definition) is 3. The second-order valence-corrected chi connectivity index (χ2v) is 5.01. The lowest BCUT2D eigenvalue weighted by molar-refractivity contribution is 0.0781. The summed E-state index contributed by atoms with van der Waals surface area (Å²) < 4.78 is 13.7. The van der Waals surface area contributed by atoms with Gasteiger partial charge in [0.1, 0.15) is 5.82 Å². The van der Waals surface area contributed by atoms with Crippen molar-refractivity contribution in [1.82, 2.24) is 4.90 Å². The maximum Gasteiger partial charge on any atom is 0.257 e. The maximum absolute atomic E-state index is 13.7. The first-order chi connectivity index (χ1) is 9.91. The van der Waals surface area contributed by atoms with Crippen LogP contribution in [0, 0.1) is 5.82 Å². The average Bonchev–Trinajstić information content (AvgIpc) is 2.45. The average molecular weight is 309 g/mol. The van der Waals surface area contributed by atoms with Crippen molar-refractivity contribution in [1.29, 1.82) is 0 Å². The molecule has 0 bridgehead atoms. The van der Waals surface area contributed by atoms with Gasteiger partial charge in [-0.1, -0.05) is 23.7 Å². The van der Waals surface area contributed by atoms with E-state index in [1.54, 1.807) is 12.1 Å². The number of carbonyl (C=O) groups is 1. The monoisotopic (exact) mass is 308 g/mol. The van der Waals surface area contributed by atoms with Crippen molar-refractivity contribution in [2.45, 2.75) is 6.54 Å². The van der Waals surface area contributed by atoms with Gasteiger partial charge in [0.25, 0.3) is 5.91 Å². The number of nitrogen functional groups attached to an aromatic ring is 1. The van der Waals surface area contributed by atoms with Crippen molar-refractivity contribution >= 4 is 23.2 Å². The van der Waals surface area contributed by atoms with Gasteiger partial charge in [-0.25, -0.2) is 4.39 Å². The number of anilines is 1.